The third-order valence-corrected chi connectivity index (χ3v) is 3.00. The topological polar surface area (TPSA) is 76.7 Å². The predicted octanol–water partition coefficient (Wildman–Crippen LogP) is 1.22. The summed E-state index contributed by atoms with van der Waals surface area (Å²) in [6.07, 6.45) is 0. The van der Waals surface area contributed by atoms with E-state index in [0.29, 0.717) is 24.3 Å². The molecule has 1 rings (SSSR count). The Bertz CT molecular complexity index is 442. The number of hydrogen-bond donors (Lipinski definition) is 2. The Morgan fingerprint density at radius 2 is 1.18 bits per heavy atom. The molecule has 122 valence electrons. The van der Waals surface area contributed by atoms with Gasteiger partial charge in [-0.1, -0.05) is 0 Å². The Morgan fingerprint density at radius 3 is 1.45 bits per heavy atom. The fourth-order valence-corrected chi connectivity index (χ4v) is 1.97. The largest absolute Gasteiger partial charge is 0.383 e. The molecule has 0 saturated heterocycles. The fraction of sp³-hybridized carbons (Fsp3) is 0.500. The summed E-state index contributed by atoms with van der Waals surface area (Å²) in [4.78, 5) is 24.0. The lowest BCUT2D eigenvalue weighted by Crippen LogP contribution is -2.36. The smallest absolute Gasteiger partial charge is 0.251 e. The van der Waals surface area contributed by atoms with Gasteiger partial charge in [0.2, 0.25) is 0 Å². The van der Waals surface area contributed by atoms with Crippen LogP contribution in [0.25, 0.3) is 0 Å². The van der Waals surface area contributed by atoms with Crippen molar-refractivity contribution in [1.29, 1.82) is 0 Å². The standard InChI is InChI=1S/C16H24N2O4/c1-11(9-21-3)17-15(19)13-5-7-14(8-6-13)16(20)18-12(2)10-22-4/h5-8,11-12H,9-10H2,1-4H3,(H,17,19)(H,18,20)/t11-,12-/m1/s1. The lowest BCUT2D eigenvalue weighted by molar-refractivity contribution is 0.0894. The second-order valence-electron chi connectivity index (χ2n) is 5.24. The Balaban J connectivity index is 2.62. The van der Waals surface area contributed by atoms with E-state index in [2.05, 4.69) is 10.6 Å². The van der Waals surface area contributed by atoms with Crippen LogP contribution in [0.1, 0.15) is 34.6 Å². The van der Waals surface area contributed by atoms with Crippen molar-refractivity contribution in [3.05, 3.63) is 35.4 Å². The van der Waals surface area contributed by atoms with Crippen molar-refractivity contribution in [2.24, 2.45) is 0 Å². The molecule has 0 aliphatic rings. The van der Waals surface area contributed by atoms with Crippen molar-refractivity contribution in [2.75, 3.05) is 27.4 Å². The number of methoxy groups -OCH3 is 2. The second kappa shape index (κ2) is 9.17. The van der Waals surface area contributed by atoms with Crippen LogP contribution < -0.4 is 10.6 Å². The molecule has 2 amide bonds. The van der Waals surface area contributed by atoms with Gasteiger partial charge in [0.25, 0.3) is 11.8 Å². The monoisotopic (exact) mass is 308 g/mol. The summed E-state index contributed by atoms with van der Waals surface area (Å²) in [6, 6.07) is 6.37. The van der Waals surface area contributed by atoms with Crippen LogP contribution in [0, 0.1) is 0 Å². The molecule has 2 N–H and O–H groups in total. The van der Waals surface area contributed by atoms with Crippen LogP contribution in [0.3, 0.4) is 0 Å². The molecule has 22 heavy (non-hydrogen) atoms. The van der Waals surface area contributed by atoms with Crippen LogP contribution in [-0.2, 0) is 9.47 Å². The second-order valence-corrected chi connectivity index (χ2v) is 5.24. The molecule has 1 aromatic rings. The van der Waals surface area contributed by atoms with E-state index in [9.17, 15) is 9.59 Å². The zero-order valence-corrected chi connectivity index (χ0v) is 13.5. The number of carbonyl (C=O) groups excluding carboxylic acids is 2. The van der Waals surface area contributed by atoms with Gasteiger partial charge in [0.1, 0.15) is 0 Å². The Labute approximate surface area is 131 Å². The number of hydrogen-bond acceptors (Lipinski definition) is 4. The molecular weight excluding hydrogens is 284 g/mol. The molecule has 0 unspecified atom stereocenters. The molecule has 0 aliphatic heterocycles. The van der Waals surface area contributed by atoms with Gasteiger partial charge in [0.15, 0.2) is 0 Å². The van der Waals surface area contributed by atoms with E-state index in [-0.39, 0.29) is 23.9 Å². The lowest BCUT2D eigenvalue weighted by Gasteiger charge is -2.14. The minimum atomic E-state index is -0.191. The first-order chi connectivity index (χ1) is 10.5. The number of benzene rings is 1. The zero-order valence-electron chi connectivity index (χ0n) is 13.5. The van der Waals surface area contributed by atoms with Crippen molar-refractivity contribution in [2.45, 2.75) is 25.9 Å². The quantitative estimate of drug-likeness (QED) is 0.757. The fourth-order valence-electron chi connectivity index (χ4n) is 1.97. The SMILES string of the molecule is COC[C@@H](C)NC(=O)c1ccc(C(=O)N[C@H](C)COC)cc1. The Hall–Kier alpha value is -1.92. The van der Waals surface area contributed by atoms with E-state index in [1.54, 1.807) is 38.5 Å². The van der Waals surface area contributed by atoms with Gasteiger partial charge in [-0.15, -0.1) is 0 Å². The first-order valence-corrected chi connectivity index (χ1v) is 7.17. The van der Waals surface area contributed by atoms with Crippen LogP contribution in [-0.4, -0.2) is 51.3 Å². The summed E-state index contributed by atoms with van der Waals surface area (Å²) in [5, 5.41) is 5.63. The van der Waals surface area contributed by atoms with Crippen molar-refractivity contribution >= 4 is 11.8 Å². The van der Waals surface area contributed by atoms with Crippen LogP contribution in [0.5, 0.6) is 0 Å². The summed E-state index contributed by atoms with van der Waals surface area (Å²) in [5.74, 6) is -0.381. The van der Waals surface area contributed by atoms with Gasteiger partial charge in [-0.3, -0.25) is 9.59 Å². The lowest BCUT2D eigenvalue weighted by atomic mass is 10.1. The normalized spacial score (nSPS) is 13.3. The summed E-state index contributed by atoms with van der Waals surface area (Å²) in [5.41, 5.74) is 1.01. The third kappa shape index (κ3) is 5.83. The van der Waals surface area contributed by atoms with Gasteiger partial charge >= 0.3 is 0 Å². The summed E-state index contributed by atoms with van der Waals surface area (Å²) >= 11 is 0. The van der Waals surface area contributed by atoms with E-state index in [0.717, 1.165) is 0 Å². The molecule has 2 atom stereocenters. The molecule has 1 aromatic carbocycles. The van der Waals surface area contributed by atoms with Gasteiger partial charge in [-0.25, -0.2) is 0 Å². The van der Waals surface area contributed by atoms with Gasteiger partial charge in [-0.05, 0) is 38.1 Å². The summed E-state index contributed by atoms with van der Waals surface area (Å²) in [7, 11) is 3.17. The average Bonchev–Trinajstić information content (AvgIpc) is 2.47. The maximum absolute atomic E-state index is 12.0. The molecule has 0 saturated carbocycles. The molecule has 0 heterocycles. The Kier molecular flexibility index (Phi) is 7.56. The van der Waals surface area contributed by atoms with Crippen molar-refractivity contribution in [1.82, 2.24) is 10.6 Å². The molecule has 0 spiro atoms. The molecule has 0 fully saturated rings. The molecule has 0 aliphatic carbocycles. The van der Waals surface area contributed by atoms with Gasteiger partial charge < -0.3 is 20.1 Å². The van der Waals surface area contributed by atoms with Gasteiger partial charge in [0, 0.05) is 37.4 Å². The van der Waals surface area contributed by atoms with Gasteiger partial charge in [0.05, 0.1) is 13.2 Å². The number of carbonyl (C=O) groups is 2. The minimum absolute atomic E-state index is 0.0737. The highest BCUT2D eigenvalue weighted by atomic mass is 16.5. The van der Waals surface area contributed by atoms with E-state index >= 15 is 0 Å². The van der Waals surface area contributed by atoms with E-state index < -0.39 is 0 Å². The molecule has 0 bridgehead atoms. The summed E-state index contributed by atoms with van der Waals surface area (Å²) in [6.45, 7) is 4.62. The number of nitrogens with one attached hydrogen (secondary N) is 2. The van der Waals surface area contributed by atoms with E-state index in [1.165, 1.54) is 0 Å². The van der Waals surface area contributed by atoms with E-state index in [1.807, 2.05) is 13.8 Å². The third-order valence-electron chi connectivity index (χ3n) is 3.00. The van der Waals surface area contributed by atoms with E-state index in [4.69, 9.17) is 9.47 Å². The molecule has 0 radical (unpaired) electrons. The highest BCUT2D eigenvalue weighted by molar-refractivity contribution is 5.98. The summed E-state index contributed by atoms with van der Waals surface area (Å²) < 4.78 is 9.94. The van der Waals surface area contributed by atoms with Gasteiger partial charge in [-0.2, -0.15) is 0 Å². The van der Waals surface area contributed by atoms with Crippen LogP contribution in [0.2, 0.25) is 0 Å². The predicted molar refractivity (Wildman–Crippen MR) is 84.1 cm³/mol. The number of amides is 2. The van der Waals surface area contributed by atoms with Crippen molar-refractivity contribution < 1.29 is 19.1 Å². The average molecular weight is 308 g/mol. The van der Waals surface area contributed by atoms with Crippen LogP contribution in [0.4, 0.5) is 0 Å². The number of ether oxygens (including phenoxy) is 2. The Morgan fingerprint density at radius 1 is 0.864 bits per heavy atom. The van der Waals surface area contributed by atoms with Crippen LogP contribution in [0.15, 0.2) is 24.3 Å². The number of rotatable bonds is 8. The minimum Gasteiger partial charge on any atom is -0.383 e. The molecule has 6 heteroatoms. The highest BCUT2D eigenvalue weighted by Crippen LogP contribution is 2.05. The highest BCUT2D eigenvalue weighted by Gasteiger charge is 2.12. The molecule has 6 nitrogen and oxygen atoms in total. The maximum atomic E-state index is 12.0. The van der Waals surface area contributed by atoms with Crippen molar-refractivity contribution in [3.8, 4) is 0 Å². The first-order valence-electron chi connectivity index (χ1n) is 7.17. The van der Waals surface area contributed by atoms with Crippen LogP contribution >= 0.6 is 0 Å². The maximum Gasteiger partial charge on any atom is 0.251 e. The van der Waals surface area contributed by atoms with Crippen molar-refractivity contribution in [3.63, 3.8) is 0 Å². The first kappa shape index (κ1) is 18.1. The molecule has 0 aromatic heterocycles. The molecular formula is C16H24N2O4. The zero-order chi connectivity index (χ0) is 16.5.